The molecule has 1 aromatic heterocycles. The molecule has 5 rings (SSSR count). The summed E-state index contributed by atoms with van der Waals surface area (Å²) in [6, 6.07) is 28.6. The van der Waals surface area contributed by atoms with Gasteiger partial charge in [0.05, 0.1) is 12.4 Å². The Labute approximate surface area is 308 Å². The van der Waals surface area contributed by atoms with E-state index in [4.69, 9.17) is 4.74 Å². The predicted octanol–water partition coefficient (Wildman–Crippen LogP) is 4.34. The molecule has 53 heavy (non-hydrogen) atoms. The van der Waals surface area contributed by atoms with Gasteiger partial charge in [-0.25, -0.2) is 9.78 Å². The zero-order chi connectivity index (χ0) is 37.6. The van der Waals surface area contributed by atoms with Crippen molar-refractivity contribution in [2.24, 2.45) is 5.92 Å². The molecule has 0 saturated carbocycles. The fourth-order valence-electron chi connectivity index (χ4n) is 6.01. The molecule has 276 valence electrons. The number of benzene rings is 4. The number of hydrogen-bond donors (Lipinski definition) is 6. The van der Waals surface area contributed by atoms with Crippen LogP contribution in [0.15, 0.2) is 116 Å². The van der Waals surface area contributed by atoms with E-state index in [1.807, 2.05) is 117 Å². The van der Waals surface area contributed by atoms with Crippen LogP contribution >= 0.6 is 0 Å². The van der Waals surface area contributed by atoms with Crippen molar-refractivity contribution in [2.45, 2.75) is 70.5 Å². The van der Waals surface area contributed by atoms with Crippen LogP contribution in [0.4, 0.5) is 4.79 Å². The molecule has 0 aliphatic heterocycles. The molecule has 0 fully saturated rings. The lowest BCUT2D eigenvalue weighted by molar-refractivity contribution is -0.135. The van der Waals surface area contributed by atoms with Gasteiger partial charge >= 0.3 is 6.09 Å². The van der Waals surface area contributed by atoms with E-state index >= 15 is 0 Å². The molecule has 5 aromatic rings. The number of carbonyl (C=O) groups is 4. The second-order valence-electron chi connectivity index (χ2n) is 13.0. The molecule has 12 nitrogen and oxygen atoms in total. The van der Waals surface area contributed by atoms with E-state index in [1.165, 1.54) is 12.5 Å². The van der Waals surface area contributed by atoms with Gasteiger partial charge in [-0.2, -0.15) is 0 Å². The van der Waals surface area contributed by atoms with Gasteiger partial charge < -0.3 is 36.1 Å². The third kappa shape index (κ3) is 11.0. The molecule has 12 heteroatoms. The highest BCUT2D eigenvalue weighted by Crippen LogP contribution is 2.20. The monoisotopic (exact) mass is 718 g/mol. The lowest BCUT2D eigenvalue weighted by atomic mass is 9.93. The summed E-state index contributed by atoms with van der Waals surface area (Å²) < 4.78 is 5.47. The maximum Gasteiger partial charge on any atom is 0.408 e. The summed E-state index contributed by atoms with van der Waals surface area (Å²) in [6.07, 6.45) is 1.29. The van der Waals surface area contributed by atoms with Gasteiger partial charge in [0.25, 0.3) is 5.91 Å². The number of amides is 4. The van der Waals surface area contributed by atoms with Gasteiger partial charge in [-0.3, -0.25) is 14.4 Å². The highest BCUT2D eigenvalue weighted by Gasteiger charge is 2.35. The molecule has 4 amide bonds. The Morgan fingerprint density at radius 2 is 1.40 bits per heavy atom. The number of fused-ring (bicyclic) bond motifs is 1. The first-order valence-electron chi connectivity index (χ1n) is 17.7. The quantitative estimate of drug-likeness (QED) is 0.0830. The first-order chi connectivity index (χ1) is 25.7. The Hall–Kier alpha value is -6.01. The third-order valence-electron chi connectivity index (χ3n) is 9.22. The summed E-state index contributed by atoms with van der Waals surface area (Å²) in [5.74, 6) is -2.19. The maximum atomic E-state index is 14.2. The standard InChI is InChI=1S/C41H46N6O6/c1-3-27(2)36(37(48)40(51)43-23-28-13-6-4-7-14-28)47-39(50)35(22-32-24-42-26-44-32)45-38(49)34(46-41(52)53-25-29-15-8-5-9-16-29)21-31-19-12-18-30-17-10-11-20-33(30)31/h4-20,24,26-27,34-37,48H,3,21-23,25H2,1-2H3,(H,42,44)(H,43,51)(H,45,49)(H,46,52)(H,47,50)/t27?,34-,35-,36?,37?/m0/s1. The second-order valence-corrected chi connectivity index (χ2v) is 13.0. The Morgan fingerprint density at radius 3 is 2.09 bits per heavy atom. The highest BCUT2D eigenvalue weighted by atomic mass is 16.5. The number of nitrogens with one attached hydrogen (secondary N) is 5. The SMILES string of the molecule is CCC(C)C(NC(=O)[C@H](Cc1cnc[nH]1)NC(=O)[C@H](Cc1cccc2ccccc12)NC(=O)OCc1ccccc1)C(O)C(=O)NCc1ccccc1. The number of aliphatic hydroxyl groups is 1. The zero-order valence-corrected chi connectivity index (χ0v) is 29.8. The molecular formula is C41H46N6O6. The van der Waals surface area contributed by atoms with E-state index in [0.29, 0.717) is 12.1 Å². The number of nitrogens with zero attached hydrogens (tertiary/aromatic N) is 1. The number of rotatable bonds is 17. The number of aromatic nitrogens is 2. The average molecular weight is 719 g/mol. The van der Waals surface area contributed by atoms with E-state index in [-0.39, 0.29) is 31.9 Å². The first-order valence-corrected chi connectivity index (χ1v) is 17.7. The molecule has 0 bridgehead atoms. The van der Waals surface area contributed by atoms with Crippen LogP contribution in [0.3, 0.4) is 0 Å². The minimum absolute atomic E-state index is 0.00160. The van der Waals surface area contributed by atoms with Crippen LogP contribution in [-0.2, 0) is 45.1 Å². The number of aliphatic hydroxyl groups excluding tert-OH is 1. The van der Waals surface area contributed by atoms with Crippen LogP contribution in [0.1, 0.15) is 42.7 Å². The molecule has 0 saturated heterocycles. The number of ether oxygens (including phenoxy) is 1. The Morgan fingerprint density at radius 1 is 0.755 bits per heavy atom. The van der Waals surface area contributed by atoms with Gasteiger partial charge in [0, 0.05) is 31.3 Å². The number of hydrogen-bond acceptors (Lipinski definition) is 7. The summed E-state index contributed by atoms with van der Waals surface area (Å²) in [6.45, 7) is 3.92. The van der Waals surface area contributed by atoms with Crippen molar-refractivity contribution in [1.29, 1.82) is 0 Å². The maximum absolute atomic E-state index is 14.2. The average Bonchev–Trinajstić information content (AvgIpc) is 3.71. The van der Waals surface area contributed by atoms with E-state index < -0.39 is 48.0 Å². The lowest BCUT2D eigenvalue weighted by Gasteiger charge is -2.30. The van der Waals surface area contributed by atoms with Crippen LogP contribution in [0, 0.1) is 5.92 Å². The molecule has 0 spiro atoms. The van der Waals surface area contributed by atoms with Gasteiger partial charge in [-0.15, -0.1) is 0 Å². The van der Waals surface area contributed by atoms with Crippen molar-refractivity contribution < 1.29 is 29.0 Å². The van der Waals surface area contributed by atoms with Crippen LogP contribution in [0.2, 0.25) is 0 Å². The summed E-state index contributed by atoms with van der Waals surface area (Å²) in [4.78, 5) is 61.5. The molecule has 4 aromatic carbocycles. The van der Waals surface area contributed by atoms with E-state index in [2.05, 4.69) is 31.2 Å². The summed E-state index contributed by atoms with van der Waals surface area (Å²) in [5, 5.41) is 24.2. The molecule has 6 N–H and O–H groups in total. The summed E-state index contributed by atoms with van der Waals surface area (Å²) >= 11 is 0. The fourth-order valence-corrected chi connectivity index (χ4v) is 6.01. The van der Waals surface area contributed by atoms with E-state index in [9.17, 15) is 24.3 Å². The fraction of sp³-hybridized carbons (Fsp3) is 0.293. The van der Waals surface area contributed by atoms with Crippen molar-refractivity contribution in [1.82, 2.24) is 31.2 Å². The summed E-state index contributed by atoms with van der Waals surface area (Å²) in [7, 11) is 0. The van der Waals surface area contributed by atoms with Crippen molar-refractivity contribution in [3.63, 3.8) is 0 Å². The number of alkyl carbamates (subject to hydrolysis) is 1. The number of imidazole rings is 1. The van der Waals surface area contributed by atoms with Crippen molar-refractivity contribution >= 4 is 34.6 Å². The van der Waals surface area contributed by atoms with Gasteiger partial charge in [0.2, 0.25) is 11.8 Å². The van der Waals surface area contributed by atoms with E-state index in [0.717, 1.165) is 27.5 Å². The van der Waals surface area contributed by atoms with Gasteiger partial charge in [0.1, 0.15) is 18.7 Å². The predicted molar refractivity (Wildman–Crippen MR) is 201 cm³/mol. The molecule has 5 atom stereocenters. The van der Waals surface area contributed by atoms with Gasteiger partial charge in [-0.1, -0.05) is 123 Å². The molecule has 0 aliphatic rings. The van der Waals surface area contributed by atoms with Crippen LogP contribution in [0.25, 0.3) is 10.8 Å². The summed E-state index contributed by atoms with van der Waals surface area (Å²) in [5.41, 5.74) is 3.01. The lowest BCUT2D eigenvalue weighted by Crippen LogP contribution is -2.59. The topological polar surface area (TPSA) is 175 Å². The molecule has 1 heterocycles. The number of carbonyl (C=O) groups excluding carboxylic acids is 4. The number of H-pyrrole nitrogens is 1. The normalized spacial score (nSPS) is 13.9. The highest BCUT2D eigenvalue weighted by molar-refractivity contribution is 5.93. The second kappa shape index (κ2) is 19.0. The Balaban J connectivity index is 1.35. The largest absolute Gasteiger partial charge is 0.445 e. The Kier molecular flexibility index (Phi) is 13.7. The molecule has 3 unspecified atom stereocenters. The van der Waals surface area contributed by atoms with Crippen LogP contribution < -0.4 is 21.3 Å². The Bertz CT molecular complexity index is 1930. The molecular weight excluding hydrogens is 672 g/mol. The zero-order valence-electron chi connectivity index (χ0n) is 29.8. The third-order valence-corrected chi connectivity index (χ3v) is 9.22. The first kappa shape index (κ1) is 38.2. The molecule has 0 aliphatic carbocycles. The van der Waals surface area contributed by atoms with E-state index in [1.54, 1.807) is 0 Å². The van der Waals surface area contributed by atoms with Gasteiger partial charge in [0.15, 0.2) is 6.10 Å². The minimum atomic E-state index is -1.57. The smallest absolute Gasteiger partial charge is 0.408 e. The van der Waals surface area contributed by atoms with Crippen molar-refractivity contribution in [3.8, 4) is 0 Å². The van der Waals surface area contributed by atoms with Crippen molar-refractivity contribution in [3.05, 3.63) is 138 Å². The van der Waals surface area contributed by atoms with Crippen molar-refractivity contribution in [2.75, 3.05) is 0 Å². The molecule has 0 radical (unpaired) electrons. The van der Waals surface area contributed by atoms with Gasteiger partial charge in [-0.05, 0) is 33.4 Å². The van der Waals surface area contributed by atoms with Crippen LogP contribution in [0.5, 0.6) is 0 Å². The van der Waals surface area contributed by atoms with Crippen LogP contribution in [-0.4, -0.2) is 63.1 Å². The minimum Gasteiger partial charge on any atom is -0.445 e. The number of aromatic amines is 1.